The first-order chi connectivity index (χ1) is 14.8. The first-order valence-corrected chi connectivity index (χ1v) is 10.8. The predicted octanol–water partition coefficient (Wildman–Crippen LogP) is -0.177. The minimum atomic E-state index is -0.373. The SMILES string of the molecule is Cc1ccc(C[NH+](C)CC(=O)N2CC[NH+](CC(=O)Nc3cccc(F)c3)CC2)c(C)c1. The molecule has 0 saturated carbocycles. The first kappa shape index (κ1) is 22.9. The van der Waals surface area contributed by atoms with E-state index in [2.05, 4.69) is 44.4 Å². The van der Waals surface area contributed by atoms with Gasteiger partial charge in [-0.15, -0.1) is 0 Å². The van der Waals surface area contributed by atoms with E-state index in [4.69, 9.17) is 0 Å². The van der Waals surface area contributed by atoms with Gasteiger partial charge in [-0.3, -0.25) is 9.59 Å². The minimum Gasteiger partial charge on any atom is -0.327 e. The highest BCUT2D eigenvalue weighted by Gasteiger charge is 2.27. The summed E-state index contributed by atoms with van der Waals surface area (Å²) in [4.78, 5) is 29.2. The summed E-state index contributed by atoms with van der Waals surface area (Å²) in [5, 5.41) is 2.74. The van der Waals surface area contributed by atoms with Crippen LogP contribution in [0.4, 0.5) is 10.1 Å². The van der Waals surface area contributed by atoms with E-state index in [1.807, 2.05) is 4.90 Å². The number of carbonyl (C=O) groups is 2. The van der Waals surface area contributed by atoms with Gasteiger partial charge in [-0.25, -0.2) is 4.39 Å². The summed E-state index contributed by atoms with van der Waals surface area (Å²) < 4.78 is 13.2. The second-order valence-corrected chi connectivity index (χ2v) is 8.61. The third-order valence-electron chi connectivity index (χ3n) is 5.79. The molecular formula is C24H33FN4O2+2. The average molecular weight is 429 g/mol. The van der Waals surface area contributed by atoms with Gasteiger partial charge in [0.1, 0.15) is 12.4 Å². The largest absolute Gasteiger partial charge is 0.327 e. The highest BCUT2D eigenvalue weighted by molar-refractivity contribution is 5.91. The Morgan fingerprint density at radius 3 is 2.55 bits per heavy atom. The molecule has 1 atom stereocenters. The Bertz CT molecular complexity index is 926. The quantitative estimate of drug-likeness (QED) is 0.573. The van der Waals surface area contributed by atoms with Gasteiger partial charge in [-0.2, -0.15) is 0 Å². The molecule has 0 spiro atoms. The molecule has 2 amide bonds. The fourth-order valence-corrected chi connectivity index (χ4v) is 4.05. The lowest BCUT2D eigenvalue weighted by Gasteiger charge is -2.32. The van der Waals surface area contributed by atoms with Crippen molar-refractivity contribution >= 4 is 17.5 Å². The third kappa shape index (κ3) is 6.87. The molecule has 2 aromatic rings. The van der Waals surface area contributed by atoms with E-state index in [9.17, 15) is 14.0 Å². The molecule has 31 heavy (non-hydrogen) atoms. The normalized spacial score (nSPS) is 15.5. The summed E-state index contributed by atoms with van der Waals surface area (Å²) >= 11 is 0. The molecule has 1 aliphatic rings. The van der Waals surface area contributed by atoms with Crippen molar-refractivity contribution in [3.8, 4) is 0 Å². The molecule has 3 N–H and O–H groups in total. The highest BCUT2D eigenvalue weighted by Crippen LogP contribution is 2.09. The number of carbonyl (C=O) groups excluding carboxylic acids is 2. The van der Waals surface area contributed by atoms with Gasteiger partial charge in [0.05, 0.1) is 33.2 Å². The van der Waals surface area contributed by atoms with Crippen molar-refractivity contribution in [2.75, 3.05) is 51.6 Å². The molecule has 2 aromatic carbocycles. The zero-order chi connectivity index (χ0) is 22.4. The van der Waals surface area contributed by atoms with Crippen LogP contribution in [0.25, 0.3) is 0 Å². The molecule has 0 bridgehead atoms. The monoisotopic (exact) mass is 428 g/mol. The predicted molar refractivity (Wildman–Crippen MR) is 119 cm³/mol. The van der Waals surface area contributed by atoms with E-state index in [1.165, 1.54) is 33.7 Å². The molecule has 1 heterocycles. The van der Waals surface area contributed by atoms with Crippen LogP contribution in [0.5, 0.6) is 0 Å². The van der Waals surface area contributed by atoms with Crippen molar-refractivity contribution < 1.29 is 23.8 Å². The zero-order valence-corrected chi connectivity index (χ0v) is 18.6. The van der Waals surface area contributed by atoms with Crippen molar-refractivity contribution in [3.63, 3.8) is 0 Å². The maximum atomic E-state index is 13.2. The summed E-state index contributed by atoms with van der Waals surface area (Å²) in [5.41, 5.74) is 4.25. The fraction of sp³-hybridized carbons (Fsp3) is 0.417. The lowest BCUT2D eigenvalue weighted by Crippen LogP contribution is -3.16. The molecule has 166 valence electrons. The standard InChI is InChI=1S/C24H31FN4O2/c1-18-7-8-20(19(2)13-18)15-27(3)17-24(31)29-11-9-28(10-12-29)16-23(30)26-22-6-4-5-21(25)14-22/h4-8,13-14H,9-12,15-17H2,1-3H3,(H,26,30)/p+2. The fourth-order valence-electron chi connectivity index (χ4n) is 4.05. The van der Waals surface area contributed by atoms with Crippen molar-refractivity contribution in [1.82, 2.24) is 4.90 Å². The van der Waals surface area contributed by atoms with Gasteiger partial charge in [0.2, 0.25) is 0 Å². The Balaban J connectivity index is 1.41. The minimum absolute atomic E-state index is 0.141. The topological polar surface area (TPSA) is 58.3 Å². The summed E-state index contributed by atoms with van der Waals surface area (Å²) in [6.07, 6.45) is 0. The van der Waals surface area contributed by atoms with Crippen molar-refractivity contribution in [2.45, 2.75) is 20.4 Å². The number of rotatable bonds is 7. The third-order valence-corrected chi connectivity index (χ3v) is 5.79. The van der Waals surface area contributed by atoms with Crippen LogP contribution >= 0.6 is 0 Å². The van der Waals surface area contributed by atoms with Crippen LogP contribution < -0.4 is 15.1 Å². The van der Waals surface area contributed by atoms with Gasteiger partial charge < -0.3 is 20.0 Å². The van der Waals surface area contributed by atoms with Gasteiger partial charge in [0.15, 0.2) is 13.1 Å². The summed E-state index contributed by atoms with van der Waals surface area (Å²) in [5.74, 6) is -0.356. The number of amides is 2. The van der Waals surface area contributed by atoms with Crippen LogP contribution in [-0.4, -0.2) is 63.0 Å². The second kappa shape index (κ2) is 10.5. The van der Waals surface area contributed by atoms with Gasteiger partial charge >= 0.3 is 0 Å². The summed E-state index contributed by atoms with van der Waals surface area (Å²) in [6, 6.07) is 12.3. The molecule has 3 rings (SSSR count). The first-order valence-electron chi connectivity index (χ1n) is 10.8. The van der Waals surface area contributed by atoms with E-state index < -0.39 is 0 Å². The number of hydrogen-bond acceptors (Lipinski definition) is 2. The summed E-state index contributed by atoms with van der Waals surface area (Å²) in [6.45, 7) is 8.57. The van der Waals surface area contributed by atoms with E-state index in [1.54, 1.807) is 12.1 Å². The molecule has 0 aromatic heterocycles. The van der Waals surface area contributed by atoms with Crippen LogP contribution in [-0.2, 0) is 16.1 Å². The van der Waals surface area contributed by atoms with Crippen molar-refractivity contribution in [1.29, 1.82) is 0 Å². The lowest BCUT2D eigenvalue weighted by molar-refractivity contribution is -0.896. The Morgan fingerprint density at radius 2 is 1.87 bits per heavy atom. The summed E-state index contributed by atoms with van der Waals surface area (Å²) in [7, 11) is 2.05. The van der Waals surface area contributed by atoms with Crippen LogP contribution in [0.15, 0.2) is 42.5 Å². The van der Waals surface area contributed by atoms with Crippen LogP contribution in [0.2, 0.25) is 0 Å². The molecule has 0 aliphatic carbocycles. The molecule has 0 radical (unpaired) electrons. The number of likely N-dealkylation sites (N-methyl/N-ethyl adjacent to an activating group) is 1. The van der Waals surface area contributed by atoms with Gasteiger partial charge in [0.25, 0.3) is 11.8 Å². The Morgan fingerprint density at radius 1 is 1.13 bits per heavy atom. The maximum Gasteiger partial charge on any atom is 0.279 e. The van der Waals surface area contributed by atoms with Gasteiger partial charge in [-0.05, 0) is 37.6 Å². The molecule has 1 aliphatic heterocycles. The van der Waals surface area contributed by atoms with E-state index >= 15 is 0 Å². The Kier molecular flexibility index (Phi) is 7.76. The number of anilines is 1. The molecule has 6 nitrogen and oxygen atoms in total. The number of hydrogen-bond donors (Lipinski definition) is 3. The Hall–Kier alpha value is -2.77. The van der Waals surface area contributed by atoms with Gasteiger partial charge in [0, 0.05) is 11.3 Å². The number of nitrogens with zero attached hydrogens (tertiary/aromatic N) is 1. The number of nitrogens with one attached hydrogen (secondary N) is 3. The number of quaternary nitrogens is 2. The smallest absolute Gasteiger partial charge is 0.279 e. The van der Waals surface area contributed by atoms with E-state index in [-0.39, 0.29) is 17.6 Å². The molecular weight excluding hydrogens is 395 g/mol. The Labute approximate surface area is 183 Å². The molecule has 1 saturated heterocycles. The van der Waals surface area contributed by atoms with E-state index in [0.29, 0.717) is 31.9 Å². The molecule has 1 unspecified atom stereocenters. The van der Waals surface area contributed by atoms with Crippen LogP contribution in [0.3, 0.4) is 0 Å². The van der Waals surface area contributed by atoms with Gasteiger partial charge in [-0.1, -0.05) is 29.8 Å². The van der Waals surface area contributed by atoms with Crippen molar-refractivity contribution in [3.05, 3.63) is 65.0 Å². The average Bonchev–Trinajstić information content (AvgIpc) is 2.70. The molecule has 1 fully saturated rings. The molecule has 7 heteroatoms. The number of aryl methyl sites for hydroxylation is 2. The van der Waals surface area contributed by atoms with Crippen LogP contribution in [0, 0.1) is 19.7 Å². The maximum absolute atomic E-state index is 13.2. The lowest BCUT2D eigenvalue weighted by atomic mass is 10.1. The number of piperazine rings is 1. The van der Waals surface area contributed by atoms with E-state index in [0.717, 1.165) is 24.5 Å². The number of halogens is 1. The second-order valence-electron chi connectivity index (χ2n) is 8.61. The number of benzene rings is 2. The van der Waals surface area contributed by atoms with Crippen molar-refractivity contribution in [2.24, 2.45) is 0 Å². The zero-order valence-electron chi connectivity index (χ0n) is 18.6. The highest BCUT2D eigenvalue weighted by atomic mass is 19.1. The van der Waals surface area contributed by atoms with Crippen LogP contribution in [0.1, 0.15) is 16.7 Å².